The summed E-state index contributed by atoms with van der Waals surface area (Å²) >= 11 is 0. The van der Waals surface area contributed by atoms with Crippen LogP contribution in [0.4, 0.5) is 4.39 Å². The molecule has 0 bridgehead atoms. The fraction of sp³-hybridized carbons (Fsp3) is 0. The molecule has 0 saturated carbocycles. The molecule has 26 heavy (non-hydrogen) atoms. The Kier molecular flexibility index (Phi) is 3.32. The number of para-hydroxylation sites is 1. The van der Waals surface area contributed by atoms with Gasteiger partial charge in [0.1, 0.15) is 5.82 Å². The highest BCUT2D eigenvalue weighted by Gasteiger charge is 2.08. The van der Waals surface area contributed by atoms with Crippen molar-refractivity contribution in [3.05, 3.63) is 96.9 Å². The Labute approximate surface area is 150 Å². The fourth-order valence-electron chi connectivity index (χ4n) is 3.43. The van der Waals surface area contributed by atoms with Crippen LogP contribution in [0, 0.1) is 11.9 Å². The number of rotatable bonds is 2. The molecule has 3 aromatic carbocycles. The third-order valence-corrected chi connectivity index (χ3v) is 4.60. The van der Waals surface area contributed by atoms with Gasteiger partial charge in [-0.2, -0.15) is 0 Å². The highest BCUT2D eigenvalue weighted by molar-refractivity contribution is 6.10. The van der Waals surface area contributed by atoms with Gasteiger partial charge in [-0.15, -0.1) is 18.2 Å². The van der Waals surface area contributed by atoms with E-state index in [2.05, 4.69) is 33.8 Å². The van der Waals surface area contributed by atoms with Crippen LogP contribution in [0.15, 0.2) is 85.1 Å². The van der Waals surface area contributed by atoms with E-state index in [0.717, 1.165) is 38.8 Å². The molecule has 0 saturated heterocycles. The summed E-state index contributed by atoms with van der Waals surface area (Å²) in [6.07, 6.45) is 1.79. The minimum absolute atomic E-state index is 0.237. The van der Waals surface area contributed by atoms with Crippen LogP contribution >= 0.6 is 0 Å². The van der Waals surface area contributed by atoms with Crippen molar-refractivity contribution in [2.75, 3.05) is 0 Å². The molecule has 0 atom stereocenters. The molecule has 0 unspecified atom stereocenters. The summed E-state index contributed by atoms with van der Waals surface area (Å²) in [5.74, 6) is -0.237. The average Bonchev–Trinajstić information content (AvgIpc) is 3.03. The highest BCUT2D eigenvalue weighted by atomic mass is 19.1. The summed E-state index contributed by atoms with van der Waals surface area (Å²) in [6.45, 7) is 0. The predicted molar refractivity (Wildman–Crippen MR) is 103 cm³/mol. The van der Waals surface area contributed by atoms with E-state index >= 15 is 0 Å². The Bertz CT molecular complexity index is 1220. The van der Waals surface area contributed by atoms with Crippen molar-refractivity contribution in [1.29, 1.82) is 0 Å². The maximum Gasteiger partial charge on any atom is 0.123 e. The molecular weight excluding hydrogens is 323 g/mol. The van der Waals surface area contributed by atoms with Crippen LogP contribution < -0.4 is 0 Å². The minimum atomic E-state index is -0.237. The van der Waals surface area contributed by atoms with E-state index < -0.39 is 0 Å². The summed E-state index contributed by atoms with van der Waals surface area (Å²) in [6, 6.07) is 28.3. The van der Waals surface area contributed by atoms with E-state index in [0.29, 0.717) is 0 Å². The largest absolute Gasteiger partial charge is 0.349 e. The molecule has 2 nitrogen and oxygen atoms in total. The second-order valence-electron chi connectivity index (χ2n) is 6.18. The van der Waals surface area contributed by atoms with Gasteiger partial charge in [-0.3, -0.25) is 4.98 Å². The molecule has 2 aromatic heterocycles. The summed E-state index contributed by atoms with van der Waals surface area (Å²) < 4.78 is 15.5. The zero-order valence-corrected chi connectivity index (χ0v) is 13.9. The minimum Gasteiger partial charge on any atom is -0.349 e. The first-order valence-corrected chi connectivity index (χ1v) is 8.44. The number of benzene rings is 3. The maximum absolute atomic E-state index is 13.4. The van der Waals surface area contributed by atoms with E-state index in [1.54, 1.807) is 18.3 Å². The van der Waals surface area contributed by atoms with Gasteiger partial charge >= 0.3 is 0 Å². The predicted octanol–water partition coefficient (Wildman–Crippen LogP) is 5.78. The standard InChI is InChI=1S/C23H14FN2/c24-17-9-11-18(12-10-17)26-22-7-2-1-5-19(22)20-15-16(8-13-23(20)26)21-6-3-4-14-25-21/h1-14H/q-1. The highest BCUT2D eigenvalue weighted by Crippen LogP contribution is 2.33. The first-order valence-electron chi connectivity index (χ1n) is 8.44. The number of hydrogen-bond acceptors (Lipinski definition) is 1. The SMILES string of the molecule is Fc1ccc(-n2c3ccc(-c4ccccn4)[c-]c3c3ccccc32)cc1. The molecule has 3 heteroatoms. The number of nitrogens with zero attached hydrogens (tertiary/aromatic N) is 2. The fourth-order valence-corrected chi connectivity index (χ4v) is 3.43. The van der Waals surface area contributed by atoms with Crippen molar-refractivity contribution in [1.82, 2.24) is 9.55 Å². The Morgan fingerprint density at radius 3 is 2.38 bits per heavy atom. The maximum atomic E-state index is 13.4. The lowest BCUT2D eigenvalue weighted by atomic mass is 10.1. The summed E-state index contributed by atoms with van der Waals surface area (Å²) in [5.41, 5.74) is 4.89. The lowest BCUT2D eigenvalue weighted by Gasteiger charge is -2.12. The van der Waals surface area contributed by atoms with E-state index in [1.165, 1.54) is 12.1 Å². The summed E-state index contributed by atoms with van der Waals surface area (Å²) in [7, 11) is 0. The Balaban J connectivity index is 1.83. The van der Waals surface area contributed by atoms with Gasteiger partial charge in [0, 0.05) is 23.1 Å². The monoisotopic (exact) mass is 337 g/mol. The third-order valence-electron chi connectivity index (χ3n) is 4.60. The van der Waals surface area contributed by atoms with Crippen molar-refractivity contribution < 1.29 is 4.39 Å². The molecule has 5 aromatic rings. The number of aromatic nitrogens is 2. The molecule has 0 N–H and O–H groups in total. The van der Waals surface area contributed by atoms with Crippen molar-refractivity contribution in [2.45, 2.75) is 0 Å². The van der Waals surface area contributed by atoms with E-state index in [9.17, 15) is 4.39 Å². The summed E-state index contributed by atoms with van der Waals surface area (Å²) in [4.78, 5) is 4.43. The van der Waals surface area contributed by atoms with Crippen molar-refractivity contribution >= 4 is 21.8 Å². The molecule has 5 rings (SSSR count). The first kappa shape index (κ1) is 14.8. The van der Waals surface area contributed by atoms with Gasteiger partial charge in [-0.05, 0) is 41.9 Å². The molecular formula is C23H14FN2-. The molecule has 124 valence electrons. The van der Waals surface area contributed by atoms with Crippen LogP contribution in [0.2, 0.25) is 0 Å². The quantitative estimate of drug-likeness (QED) is 0.373. The molecule has 0 amide bonds. The van der Waals surface area contributed by atoms with Crippen LogP contribution in [0.5, 0.6) is 0 Å². The second-order valence-corrected chi connectivity index (χ2v) is 6.18. The lowest BCUT2D eigenvalue weighted by molar-refractivity contribution is 0.627. The van der Waals surface area contributed by atoms with E-state index in [1.807, 2.05) is 36.4 Å². The van der Waals surface area contributed by atoms with Gasteiger partial charge in [-0.25, -0.2) is 4.39 Å². The van der Waals surface area contributed by atoms with Crippen LogP contribution in [0.1, 0.15) is 0 Å². The normalized spacial score (nSPS) is 11.3. The van der Waals surface area contributed by atoms with Crippen LogP contribution in [-0.2, 0) is 0 Å². The number of fused-ring (bicyclic) bond motifs is 3. The third kappa shape index (κ3) is 2.29. The smallest absolute Gasteiger partial charge is 0.123 e. The van der Waals surface area contributed by atoms with Gasteiger partial charge in [0.15, 0.2) is 0 Å². The van der Waals surface area contributed by atoms with E-state index in [-0.39, 0.29) is 5.82 Å². The topological polar surface area (TPSA) is 17.8 Å². The second kappa shape index (κ2) is 5.81. The molecule has 2 heterocycles. The van der Waals surface area contributed by atoms with Gasteiger partial charge < -0.3 is 4.57 Å². The molecule has 0 aliphatic heterocycles. The van der Waals surface area contributed by atoms with Crippen LogP contribution in [-0.4, -0.2) is 9.55 Å². The first-order chi connectivity index (χ1) is 12.8. The van der Waals surface area contributed by atoms with Gasteiger partial charge in [-0.1, -0.05) is 46.7 Å². The lowest BCUT2D eigenvalue weighted by Crippen LogP contribution is -1.93. The Morgan fingerprint density at radius 2 is 1.58 bits per heavy atom. The number of pyridine rings is 1. The zero-order chi connectivity index (χ0) is 17.5. The van der Waals surface area contributed by atoms with Crippen LogP contribution in [0.25, 0.3) is 38.8 Å². The zero-order valence-electron chi connectivity index (χ0n) is 13.9. The van der Waals surface area contributed by atoms with Gasteiger partial charge in [0.2, 0.25) is 0 Å². The molecule has 0 fully saturated rings. The van der Waals surface area contributed by atoms with Gasteiger partial charge in [0.05, 0.1) is 0 Å². The average molecular weight is 337 g/mol. The molecule has 0 spiro atoms. The molecule has 0 aliphatic rings. The summed E-state index contributed by atoms with van der Waals surface area (Å²) in [5, 5.41) is 2.15. The Hall–Kier alpha value is -3.46. The van der Waals surface area contributed by atoms with Crippen molar-refractivity contribution in [3.8, 4) is 16.9 Å². The van der Waals surface area contributed by atoms with E-state index in [4.69, 9.17) is 0 Å². The van der Waals surface area contributed by atoms with Crippen molar-refractivity contribution in [3.63, 3.8) is 0 Å². The van der Waals surface area contributed by atoms with Crippen LogP contribution in [0.3, 0.4) is 0 Å². The number of halogens is 1. The number of hydrogen-bond donors (Lipinski definition) is 0. The molecule has 0 aliphatic carbocycles. The molecule has 0 radical (unpaired) electrons. The Morgan fingerprint density at radius 1 is 0.769 bits per heavy atom. The van der Waals surface area contributed by atoms with Crippen molar-refractivity contribution in [2.24, 2.45) is 0 Å². The van der Waals surface area contributed by atoms with Gasteiger partial charge in [0.25, 0.3) is 0 Å².